The third-order valence-corrected chi connectivity index (χ3v) is 8.86. The van der Waals surface area contributed by atoms with Crippen LogP contribution in [0.5, 0.6) is 0 Å². The molecule has 0 saturated heterocycles. The first kappa shape index (κ1) is 28.1. The van der Waals surface area contributed by atoms with E-state index in [2.05, 4.69) is 47.8 Å². The molecule has 1 aliphatic rings. The van der Waals surface area contributed by atoms with E-state index in [0.717, 1.165) is 31.7 Å². The molecule has 35 heavy (non-hydrogen) atoms. The van der Waals surface area contributed by atoms with Gasteiger partial charge in [0, 0.05) is 14.7 Å². The van der Waals surface area contributed by atoms with Crippen LogP contribution in [0.4, 0.5) is 9.18 Å². The first-order valence-electron chi connectivity index (χ1n) is 12.7. The van der Waals surface area contributed by atoms with Gasteiger partial charge in [0.25, 0.3) is 0 Å². The summed E-state index contributed by atoms with van der Waals surface area (Å²) in [6.07, 6.45) is 3.62. The van der Waals surface area contributed by atoms with Crippen LogP contribution in [0.3, 0.4) is 0 Å². The van der Waals surface area contributed by atoms with Gasteiger partial charge < -0.3 is 19.4 Å². The number of nitrogens with one attached hydrogen (secondary N) is 1. The molecule has 196 valence electrons. The maximum atomic E-state index is 15.1. The maximum absolute atomic E-state index is 15.1. The van der Waals surface area contributed by atoms with Gasteiger partial charge in [-0.3, -0.25) is 0 Å². The largest absolute Gasteiger partial charge is 0.444 e. The summed E-state index contributed by atoms with van der Waals surface area (Å²) in [5, 5.41) is 3.10. The van der Waals surface area contributed by atoms with E-state index in [1.165, 1.54) is 0 Å². The molecule has 0 bridgehead atoms. The molecular weight excluding hydrogens is 529 g/mol. The second-order valence-electron chi connectivity index (χ2n) is 12.1. The van der Waals surface area contributed by atoms with Crippen LogP contribution in [-0.2, 0) is 16.2 Å². The van der Waals surface area contributed by atoms with Crippen molar-refractivity contribution in [1.29, 1.82) is 0 Å². The Morgan fingerprint density at radius 1 is 1.26 bits per heavy atom. The fourth-order valence-electron chi connectivity index (χ4n) is 4.51. The summed E-state index contributed by atoms with van der Waals surface area (Å²) >= 11 is 3.29. The average Bonchev–Trinajstić information content (AvgIpc) is 3.10. The number of amides is 1. The quantitative estimate of drug-likeness (QED) is 0.262. The van der Waals surface area contributed by atoms with Gasteiger partial charge in [0.1, 0.15) is 23.7 Å². The summed E-state index contributed by atoms with van der Waals surface area (Å²) in [7, 11) is -1.25. The minimum Gasteiger partial charge on any atom is -0.444 e. The molecule has 6 nitrogen and oxygen atoms in total. The van der Waals surface area contributed by atoms with Gasteiger partial charge in [-0.25, -0.2) is 14.2 Å². The molecule has 1 fully saturated rings. The van der Waals surface area contributed by atoms with Crippen LogP contribution in [0.25, 0.3) is 11.0 Å². The number of halogens is 2. The minimum atomic E-state index is -1.25. The number of alkyl carbamates (subject to hydrolysis) is 1. The van der Waals surface area contributed by atoms with E-state index in [9.17, 15) is 4.79 Å². The summed E-state index contributed by atoms with van der Waals surface area (Å²) in [6.45, 7) is 15.6. The summed E-state index contributed by atoms with van der Waals surface area (Å²) in [6, 6.07) is 4.19. The van der Waals surface area contributed by atoms with E-state index in [4.69, 9.17) is 14.5 Å². The first-order chi connectivity index (χ1) is 16.2. The highest BCUT2D eigenvalue weighted by molar-refractivity contribution is 9.10. The van der Waals surface area contributed by atoms with Crippen molar-refractivity contribution in [2.24, 2.45) is 11.8 Å². The highest BCUT2D eigenvalue weighted by Crippen LogP contribution is 2.38. The van der Waals surface area contributed by atoms with Crippen LogP contribution >= 0.6 is 15.9 Å². The second-order valence-corrected chi connectivity index (χ2v) is 18.6. The molecule has 1 N–H and O–H groups in total. The third kappa shape index (κ3) is 7.76. The molecule has 1 heterocycles. The molecular formula is C26H41BrFN3O3Si. The van der Waals surface area contributed by atoms with Gasteiger partial charge in [-0.05, 0) is 79.6 Å². The molecule has 1 aromatic heterocycles. The van der Waals surface area contributed by atoms with Gasteiger partial charge in [0.2, 0.25) is 0 Å². The fourth-order valence-corrected chi connectivity index (χ4v) is 5.58. The number of benzene rings is 1. The number of hydrogen-bond acceptors (Lipinski definition) is 4. The molecule has 2 aromatic rings. The summed E-state index contributed by atoms with van der Waals surface area (Å²) in [4.78, 5) is 17.7. The van der Waals surface area contributed by atoms with Crippen LogP contribution in [0.15, 0.2) is 16.6 Å². The predicted molar refractivity (Wildman–Crippen MR) is 145 cm³/mol. The summed E-state index contributed by atoms with van der Waals surface area (Å²) in [5.74, 6) is 1.06. The van der Waals surface area contributed by atoms with Gasteiger partial charge >= 0.3 is 6.09 Å². The SMILES string of the molecule is CC1CCC(C(NC(=O)OC(C)(C)C)c2nc3c(F)c(Br)ccc3n2COCC[Si](C)(C)C)CC1. The Morgan fingerprint density at radius 3 is 2.51 bits per heavy atom. The monoisotopic (exact) mass is 569 g/mol. The smallest absolute Gasteiger partial charge is 0.408 e. The number of carbonyl (C=O) groups excluding carboxylic acids is 1. The summed E-state index contributed by atoms with van der Waals surface area (Å²) in [5.41, 5.74) is 0.324. The van der Waals surface area contributed by atoms with E-state index in [1.54, 1.807) is 6.07 Å². The molecule has 1 unspecified atom stereocenters. The zero-order valence-corrected chi connectivity index (χ0v) is 24.8. The Bertz CT molecular complexity index is 1020. The normalized spacial score (nSPS) is 20.1. The lowest BCUT2D eigenvalue weighted by Crippen LogP contribution is -2.40. The number of hydrogen-bond donors (Lipinski definition) is 1. The van der Waals surface area contributed by atoms with Crippen LogP contribution in [0.1, 0.15) is 65.2 Å². The number of rotatable bonds is 8. The predicted octanol–water partition coefficient (Wildman–Crippen LogP) is 7.64. The van der Waals surface area contributed by atoms with E-state index >= 15 is 4.39 Å². The van der Waals surface area contributed by atoms with Crippen molar-refractivity contribution in [3.05, 3.63) is 28.2 Å². The Morgan fingerprint density at radius 2 is 1.91 bits per heavy atom. The number of carbonyl (C=O) groups is 1. The molecule has 3 rings (SSSR count). The number of nitrogens with zero attached hydrogens (tertiary/aromatic N) is 2. The van der Waals surface area contributed by atoms with Crippen molar-refractivity contribution in [3.8, 4) is 0 Å². The van der Waals surface area contributed by atoms with E-state index < -0.39 is 31.6 Å². The molecule has 1 amide bonds. The molecule has 1 saturated carbocycles. The lowest BCUT2D eigenvalue weighted by molar-refractivity contribution is 0.0454. The Kier molecular flexibility index (Phi) is 9.08. The average molecular weight is 571 g/mol. The maximum Gasteiger partial charge on any atom is 0.408 e. The van der Waals surface area contributed by atoms with Crippen LogP contribution in [0.2, 0.25) is 25.7 Å². The lowest BCUT2D eigenvalue weighted by atomic mass is 9.79. The van der Waals surface area contributed by atoms with E-state index in [1.807, 2.05) is 31.4 Å². The number of aromatic nitrogens is 2. The third-order valence-electron chi connectivity index (χ3n) is 6.54. The number of fused-ring (bicyclic) bond motifs is 1. The van der Waals surface area contributed by atoms with Crippen molar-refractivity contribution in [2.45, 2.75) is 97.4 Å². The summed E-state index contributed by atoms with van der Waals surface area (Å²) < 4.78 is 29.1. The number of imidazole rings is 1. The highest BCUT2D eigenvalue weighted by Gasteiger charge is 2.34. The standard InChI is InChI=1S/C26H41BrFN3O3Si/c1-17-8-10-18(11-9-17)22(30-25(32)34-26(2,3)4)24-29-23-20(13-12-19(27)21(23)28)31(24)16-33-14-15-35(5,6)7/h12-13,17-18,22H,8-11,14-16H2,1-7H3,(H,30,32). The molecule has 0 radical (unpaired) electrons. The second kappa shape index (κ2) is 11.3. The van der Waals surface area contributed by atoms with Gasteiger partial charge in [-0.15, -0.1) is 0 Å². The highest BCUT2D eigenvalue weighted by atomic mass is 79.9. The fraction of sp³-hybridized carbons (Fsp3) is 0.692. The van der Waals surface area contributed by atoms with Crippen molar-refractivity contribution in [3.63, 3.8) is 0 Å². The van der Waals surface area contributed by atoms with Crippen LogP contribution in [0, 0.1) is 17.7 Å². The molecule has 0 spiro atoms. The van der Waals surface area contributed by atoms with E-state index in [0.29, 0.717) is 28.3 Å². The Hall–Kier alpha value is -1.45. The van der Waals surface area contributed by atoms with Gasteiger partial charge in [0.15, 0.2) is 5.82 Å². The van der Waals surface area contributed by atoms with Crippen molar-refractivity contribution in [1.82, 2.24) is 14.9 Å². The van der Waals surface area contributed by atoms with Gasteiger partial charge in [-0.1, -0.05) is 39.4 Å². The zero-order valence-electron chi connectivity index (χ0n) is 22.2. The zero-order chi connectivity index (χ0) is 26.0. The topological polar surface area (TPSA) is 65.4 Å². The molecule has 0 aliphatic heterocycles. The van der Waals surface area contributed by atoms with Crippen molar-refractivity contribution < 1.29 is 18.7 Å². The minimum absolute atomic E-state index is 0.183. The molecule has 9 heteroatoms. The number of ether oxygens (including phenoxy) is 2. The van der Waals surface area contributed by atoms with Gasteiger partial charge in [0.05, 0.1) is 16.0 Å². The Balaban J connectivity index is 2.00. The lowest BCUT2D eigenvalue weighted by Gasteiger charge is -2.33. The Labute approximate surface area is 218 Å². The first-order valence-corrected chi connectivity index (χ1v) is 17.2. The van der Waals surface area contributed by atoms with Crippen LogP contribution in [-0.4, -0.2) is 35.9 Å². The van der Waals surface area contributed by atoms with Crippen molar-refractivity contribution in [2.75, 3.05) is 6.61 Å². The molecule has 1 atom stereocenters. The van der Waals surface area contributed by atoms with Crippen LogP contribution < -0.4 is 5.32 Å². The van der Waals surface area contributed by atoms with Gasteiger partial charge in [-0.2, -0.15) is 0 Å². The molecule has 1 aromatic carbocycles. The van der Waals surface area contributed by atoms with Crippen molar-refractivity contribution >= 4 is 41.1 Å². The molecule has 1 aliphatic carbocycles. The van der Waals surface area contributed by atoms with E-state index in [-0.39, 0.29) is 18.2 Å².